The number of carbonyl (C=O) groups excluding carboxylic acids is 1. The molecule has 1 aromatic carbocycles. The van der Waals surface area contributed by atoms with Crippen LogP contribution in [0.3, 0.4) is 0 Å². The van der Waals surface area contributed by atoms with Gasteiger partial charge in [0.25, 0.3) is 5.69 Å². The normalized spacial score (nSPS) is 18.1. The summed E-state index contributed by atoms with van der Waals surface area (Å²) >= 11 is 0. The molecule has 1 unspecified atom stereocenters. The monoisotopic (exact) mass is 389 g/mol. The molecule has 0 radical (unpaired) electrons. The van der Waals surface area contributed by atoms with Crippen molar-refractivity contribution in [2.75, 3.05) is 11.9 Å². The van der Waals surface area contributed by atoms with Gasteiger partial charge in [0, 0.05) is 12.6 Å². The van der Waals surface area contributed by atoms with Crippen molar-refractivity contribution < 1.29 is 27.6 Å². The first-order valence-corrected chi connectivity index (χ1v) is 8.51. The van der Waals surface area contributed by atoms with Gasteiger partial charge in [0.2, 0.25) is 0 Å². The van der Waals surface area contributed by atoms with E-state index in [0.717, 1.165) is 18.2 Å². The summed E-state index contributed by atoms with van der Waals surface area (Å²) in [5.74, 6) is 0. The van der Waals surface area contributed by atoms with E-state index in [1.165, 1.54) is 4.90 Å². The van der Waals surface area contributed by atoms with Crippen molar-refractivity contribution in [1.29, 1.82) is 0 Å². The van der Waals surface area contributed by atoms with Gasteiger partial charge >= 0.3 is 12.3 Å². The molecule has 1 N–H and O–H groups in total. The van der Waals surface area contributed by atoms with Crippen LogP contribution in [0, 0.1) is 10.1 Å². The Morgan fingerprint density at radius 2 is 1.96 bits per heavy atom. The van der Waals surface area contributed by atoms with Crippen LogP contribution in [0.1, 0.15) is 45.6 Å². The molecule has 0 saturated carbocycles. The highest BCUT2D eigenvalue weighted by Gasteiger charge is 2.39. The van der Waals surface area contributed by atoms with Crippen LogP contribution < -0.4 is 5.32 Å². The minimum absolute atomic E-state index is 0.286. The molecule has 0 spiro atoms. The smallest absolute Gasteiger partial charge is 0.418 e. The number of piperidine rings is 1. The summed E-state index contributed by atoms with van der Waals surface area (Å²) < 4.78 is 45.4. The number of nitro groups is 1. The van der Waals surface area contributed by atoms with E-state index in [1.54, 1.807) is 20.8 Å². The molecule has 7 nitrogen and oxygen atoms in total. The number of anilines is 1. The van der Waals surface area contributed by atoms with Crippen LogP contribution in [0.4, 0.5) is 29.3 Å². The molecule has 1 saturated heterocycles. The maximum absolute atomic E-state index is 13.4. The second-order valence-corrected chi connectivity index (χ2v) is 7.28. The summed E-state index contributed by atoms with van der Waals surface area (Å²) in [5.41, 5.74) is -3.25. The summed E-state index contributed by atoms with van der Waals surface area (Å²) in [6.45, 7) is 5.33. The first-order valence-electron chi connectivity index (χ1n) is 8.51. The van der Waals surface area contributed by atoms with Crippen LogP contribution >= 0.6 is 0 Å². The van der Waals surface area contributed by atoms with Gasteiger partial charge in [-0.2, -0.15) is 13.2 Å². The molecular weight excluding hydrogens is 367 g/mol. The number of carbonyl (C=O) groups is 1. The number of hydrogen-bond donors (Lipinski definition) is 1. The SMILES string of the molecule is CC(C)(C)OC(=O)N1CCCCC1Nc1c([N+](=O)[O-])cccc1C(F)(F)F. The molecule has 2 rings (SSSR count). The Morgan fingerprint density at radius 1 is 1.30 bits per heavy atom. The van der Waals surface area contributed by atoms with E-state index < -0.39 is 45.9 Å². The third kappa shape index (κ3) is 5.24. The second-order valence-electron chi connectivity index (χ2n) is 7.28. The van der Waals surface area contributed by atoms with Crippen LogP contribution in [0.25, 0.3) is 0 Å². The molecule has 1 aromatic rings. The van der Waals surface area contributed by atoms with Crippen molar-refractivity contribution in [3.8, 4) is 0 Å². The number of para-hydroxylation sites is 1. The van der Waals surface area contributed by atoms with E-state index in [0.29, 0.717) is 19.3 Å². The summed E-state index contributed by atoms with van der Waals surface area (Å²) in [7, 11) is 0. The predicted octanol–water partition coefficient (Wildman–Crippen LogP) is 4.77. The third-order valence-electron chi connectivity index (χ3n) is 3.99. The fourth-order valence-corrected chi connectivity index (χ4v) is 2.87. The van der Waals surface area contributed by atoms with Crippen molar-refractivity contribution in [3.05, 3.63) is 33.9 Å². The van der Waals surface area contributed by atoms with Crippen molar-refractivity contribution in [3.63, 3.8) is 0 Å². The molecule has 1 atom stereocenters. The Kier molecular flexibility index (Phi) is 5.86. The van der Waals surface area contributed by atoms with Gasteiger partial charge in [-0.3, -0.25) is 15.0 Å². The van der Waals surface area contributed by atoms with E-state index in [-0.39, 0.29) is 6.54 Å². The van der Waals surface area contributed by atoms with Gasteiger partial charge in [0.15, 0.2) is 0 Å². The number of hydrogen-bond acceptors (Lipinski definition) is 5. The number of nitro benzene ring substituents is 1. The van der Waals surface area contributed by atoms with Crippen molar-refractivity contribution >= 4 is 17.5 Å². The quantitative estimate of drug-likeness (QED) is 0.594. The molecular formula is C17H22F3N3O4. The van der Waals surface area contributed by atoms with Gasteiger partial charge in [-0.1, -0.05) is 6.07 Å². The molecule has 1 aliphatic heterocycles. The lowest BCUT2D eigenvalue weighted by atomic mass is 10.1. The lowest BCUT2D eigenvalue weighted by Crippen LogP contribution is -2.49. The molecule has 0 aliphatic carbocycles. The van der Waals surface area contributed by atoms with Crippen LogP contribution in [-0.4, -0.2) is 34.2 Å². The molecule has 1 aliphatic rings. The van der Waals surface area contributed by atoms with Crippen LogP contribution in [0.15, 0.2) is 18.2 Å². The van der Waals surface area contributed by atoms with E-state index >= 15 is 0 Å². The Hall–Kier alpha value is -2.52. The van der Waals surface area contributed by atoms with Gasteiger partial charge in [-0.15, -0.1) is 0 Å². The number of benzene rings is 1. The van der Waals surface area contributed by atoms with Gasteiger partial charge in [0.05, 0.1) is 10.5 Å². The number of halogens is 3. The summed E-state index contributed by atoms with van der Waals surface area (Å²) in [5, 5.41) is 13.8. The Bertz CT molecular complexity index is 716. The highest BCUT2D eigenvalue weighted by Crippen LogP contribution is 2.40. The minimum Gasteiger partial charge on any atom is -0.444 e. The highest BCUT2D eigenvalue weighted by molar-refractivity contribution is 5.71. The first-order chi connectivity index (χ1) is 12.4. The zero-order valence-electron chi connectivity index (χ0n) is 15.3. The van der Waals surface area contributed by atoms with Crippen molar-refractivity contribution in [2.45, 2.75) is 58.0 Å². The molecule has 1 fully saturated rings. The van der Waals surface area contributed by atoms with Crippen LogP contribution in [0.5, 0.6) is 0 Å². The summed E-state index contributed by atoms with van der Waals surface area (Å²) in [6, 6.07) is 2.76. The number of alkyl halides is 3. The largest absolute Gasteiger partial charge is 0.444 e. The predicted molar refractivity (Wildman–Crippen MR) is 92.3 cm³/mol. The van der Waals surface area contributed by atoms with Crippen molar-refractivity contribution in [2.24, 2.45) is 0 Å². The van der Waals surface area contributed by atoms with E-state index in [1.807, 2.05) is 0 Å². The standard InChI is InChI=1S/C17H22F3N3O4/c1-16(2,3)27-15(24)22-10-5-4-9-13(22)21-14-11(17(18,19)20)7-6-8-12(14)23(25)26/h6-8,13,21H,4-5,9-10H2,1-3H3. The lowest BCUT2D eigenvalue weighted by molar-refractivity contribution is -0.384. The van der Waals surface area contributed by atoms with E-state index in [9.17, 15) is 28.1 Å². The first kappa shape index (κ1) is 20.8. The second kappa shape index (κ2) is 7.61. The average Bonchev–Trinajstić information content (AvgIpc) is 2.52. The molecule has 0 aromatic heterocycles. The maximum Gasteiger partial charge on any atom is 0.418 e. The number of ether oxygens (including phenoxy) is 1. The molecule has 10 heteroatoms. The average molecular weight is 389 g/mol. The zero-order chi connectivity index (χ0) is 20.4. The van der Waals surface area contributed by atoms with E-state index in [4.69, 9.17) is 4.74 Å². The van der Waals surface area contributed by atoms with Crippen LogP contribution in [-0.2, 0) is 10.9 Å². The topological polar surface area (TPSA) is 84.7 Å². The number of nitrogens with one attached hydrogen (secondary N) is 1. The molecule has 0 bridgehead atoms. The number of likely N-dealkylation sites (tertiary alicyclic amines) is 1. The number of rotatable bonds is 3. The third-order valence-corrected chi connectivity index (χ3v) is 3.99. The highest BCUT2D eigenvalue weighted by atomic mass is 19.4. The zero-order valence-corrected chi connectivity index (χ0v) is 15.3. The van der Waals surface area contributed by atoms with Gasteiger partial charge in [-0.05, 0) is 46.1 Å². The molecule has 27 heavy (non-hydrogen) atoms. The van der Waals surface area contributed by atoms with Crippen molar-refractivity contribution in [1.82, 2.24) is 4.90 Å². The van der Waals surface area contributed by atoms with Gasteiger partial charge in [-0.25, -0.2) is 4.79 Å². The molecule has 150 valence electrons. The Balaban J connectivity index is 2.38. The summed E-state index contributed by atoms with van der Waals surface area (Å²) in [4.78, 5) is 24.1. The fraction of sp³-hybridized carbons (Fsp3) is 0.588. The Morgan fingerprint density at radius 3 is 2.52 bits per heavy atom. The van der Waals surface area contributed by atoms with Crippen LogP contribution in [0.2, 0.25) is 0 Å². The maximum atomic E-state index is 13.4. The van der Waals surface area contributed by atoms with E-state index in [2.05, 4.69) is 5.32 Å². The molecule has 1 amide bonds. The van der Waals surface area contributed by atoms with Gasteiger partial charge < -0.3 is 10.1 Å². The fourth-order valence-electron chi connectivity index (χ4n) is 2.87. The number of nitrogens with zero attached hydrogens (tertiary/aromatic N) is 2. The van der Waals surface area contributed by atoms with Gasteiger partial charge in [0.1, 0.15) is 17.5 Å². The molecule has 1 heterocycles. The summed E-state index contributed by atoms with van der Waals surface area (Å²) in [6.07, 6.45) is -4.61. The minimum atomic E-state index is -4.78. The number of amides is 1. The Labute approximate surface area is 154 Å². The lowest BCUT2D eigenvalue weighted by Gasteiger charge is -2.37.